The van der Waals surface area contributed by atoms with E-state index >= 15 is 0 Å². The quantitative estimate of drug-likeness (QED) is 0.854. The highest BCUT2D eigenvalue weighted by molar-refractivity contribution is 5.97. The summed E-state index contributed by atoms with van der Waals surface area (Å²) in [7, 11) is 0. The molecule has 0 radical (unpaired) electrons. The Balaban J connectivity index is 1.99. The lowest BCUT2D eigenvalue weighted by Gasteiger charge is -2.12. The molecule has 0 unspecified atom stereocenters. The Bertz CT molecular complexity index is 750. The van der Waals surface area contributed by atoms with Gasteiger partial charge >= 0.3 is 0 Å². The molecule has 0 saturated carbocycles. The Hall–Kier alpha value is -2.62. The number of hydrogen-bond donors (Lipinski definition) is 1. The third-order valence-corrected chi connectivity index (χ3v) is 3.70. The van der Waals surface area contributed by atoms with Gasteiger partial charge in [-0.2, -0.15) is 0 Å². The average Bonchev–Trinajstić information content (AvgIpc) is 2.50. The molecule has 4 heteroatoms. The van der Waals surface area contributed by atoms with Gasteiger partial charge < -0.3 is 10.1 Å². The number of hydrogen-bond acceptors (Lipinski definition) is 3. The van der Waals surface area contributed by atoms with Crippen molar-refractivity contribution in [2.45, 2.75) is 27.7 Å². The zero-order chi connectivity index (χ0) is 17.0. The fraction of sp³-hybridized carbons (Fsp3) is 0.263. The van der Waals surface area contributed by atoms with Crippen molar-refractivity contribution in [3.8, 4) is 5.75 Å². The lowest BCUT2D eigenvalue weighted by molar-refractivity contribution is -0.118. The van der Waals surface area contributed by atoms with Crippen molar-refractivity contribution in [2.24, 2.45) is 0 Å². The molecule has 23 heavy (non-hydrogen) atoms. The maximum absolute atomic E-state index is 12.0. The molecule has 0 aromatic heterocycles. The van der Waals surface area contributed by atoms with Crippen molar-refractivity contribution in [3.05, 3.63) is 58.7 Å². The van der Waals surface area contributed by atoms with E-state index < -0.39 is 0 Å². The summed E-state index contributed by atoms with van der Waals surface area (Å²) in [5, 5.41) is 2.74. The molecule has 0 spiro atoms. The number of Topliss-reactive ketones (excluding diaryl/α,β-unsaturated/α-hetero) is 1. The van der Waals surface area contributed by atoms with Gasteiger partial charge in [0.15, 0.2) is 12.4 Å². The number of amides is 1. The lowest BCUT2D eigenvalue weighted by Crippen LogP contribution is -2.20. The Labute approximate surface area is 136 Å². The number of ketones is 1. The maximum atomic E-state index is 12.0. The second-order valence-electron chi connectivity index (χ2n) is 5.68. The average molecular weight is 311 g/mol. The molecule has 2 aromatic rings. The molecule has 0 saturated heterocycles. The number of carbonyl (C=O) groups excluding carboxylic acids is 2. The second kappa shape index (κ2) is 7.09. The molecular weight excluding hydrogens is 290 g/mol. The minimum absolute atomic E-state index is 0.0388. The van der Waals surface area contributed by atoms with Crippen LogP contribution >= 0.6 is 0 Å². The molecule has 0 aliphatic heterocycles. The van der Waals surface area contributed by atoms with E-state index in [0.29, 0.717) is 17.0 Å². The van der Waals surface area contributed by atoms with Crippen LogP contribution in [0.3, 0.4) is 0 Å². The Morgan fingerprint density at radius 3 is 2.39 bits per heavy atom. The minimum Gasteiger partial charge on any atom is -0.483 e. The van der Waals surface area contributed by atoms with E-state index in [-0.39, 0.29) is 18.3 Å². The molecule has 0 atom stereocenters. The Morgan fingerprint density at radius 1 is 1.00 bits per heavy atom. The van der Waals surface area contributed by atoms with Crippen molar-refractivity contribution >= 4 is 17.4 Å². The molecule has 4 nitrogen and oxygen atoms in total. The van der Waals surface area contributed by atoms with Crippen molar-refractivity contribution < 1.29 is 14.3 Å². The molecule has 0 fully saturated rings. The number of carbonyl (C=O) groups is 2. The summed E-state index contributed by atoms with van der Waals surface area (Å²) in [6.07, 6.45) is 0. The van der Waals surface area contributed by atoms with Gasteiger partial charge in [-0.15, -0.1) is 0 Å². The van der Waals surface area contributed by atoms with Crippen LogP contribution in [0.15, 0.2) is 36.4 Å². The van der Waals surface area contributed by atoms with E-state index in [2.05, 4.69) is 5.32 Å². The molecule has 2 aromatic carbocycles. The van der Waals surface area contributed by atoms with Crippen LogP contribution < -0.4 is 10.1 Å². The van der Waals surface area contributed by atoms with Gasteiger partial charge in [-0.3, -0.25) is 9.59 Å². The number of aryl methyl sites for hydroxylation is 3. The number of anilines is 1. The van der Waals surface area contributed by atoms with Crippen molar-refractivity contribution in [1.29, 1.82) is 0 Å². The highest BCUT2D eigenvalue weighted by Gasteiger charge is 2.08. The first-order valence-electron chi connectivity index (χ1n) is 7.48. The van der Waals surface area contributed by atoms with E-state index in [1.807, 2.05) is 32.9 Å². The molecule has 120 valence electrons. The predicted octanol–water partition coefficient (Wildman–Crippen LogP) is 3.83. The summed E-state index contributed by atoms with van der Waals surface area (Å²) in [5.41, 5.74) is 4.47. The van der Waals surface area contributed by atoms with Crippen molar-refractivity contribution in [1.82, 2.24) is 0 Å². The van der Waals surface area contributed by atoms with Gasteiger partial charge in [0.25, 0.3) is 5.91 Å². The molecule has 0 aliphatic carbocycles. The smallest absolute Gasteiger partial charge is 0.262 e. The number of rotatable bonds is 5. The maximum Gasteiger partial charge on any atom is 0.262 e. The van der Waals surface area contributed by atoms with Gasteiger partial charge in [0.2, 0.25) is 0 Å². The van der Waals surface area contributed by atoms with Crippen LogP contribution in [-0.4, -0.2) is 18.3 Å². The summed E-state index contributed by atoms with van der Waals surface area (Å²) in [6, 6.07) is 10.8. The SMILES string of the molecule is CC(=O)c1cccc(NC(=O)COc2cc(C)c(C)cc2C)c1. The summed E-state index contributed by atoms with van der Waals surface area (Å²) in [6.45, 7) is 7.42. The van der Waals surface area contributed by atoms with Crippen LogP contribution in [-0.2, 0) is 4.79 Å². The van der Waals surface area contributed by atoms with E-state index in [1.54, 1.807) is 24.3 Å². The van der Waals surface area contributed by atoms with Crippen LogP contribution in [0.2, 0.25) is 0 Å². The summed E-state index contributed by atoms with van der Waals surface area (Å²) >= 11 is 0. The fourth-order valence-corrected chi connectivity index (χ4v) is 2.25. The summed E-state index contributed by atoms with van der Waals surface area (Å²) < 4.78 is 5.61. The van der Waals surface area contributed by atoms with Crippen molar-refractivity contribution in [2.75, 3.05) is 11.9 Å². The summed E-state index contributed by atoms with van der Waals surface area (Å²) in [4.78, 5) is 23.4. The van der Waals surface area contributed by atoms with Crippen LogP contribution in [0.25, 0.3) is 0 Å². The van der Waals surface area contributed by atoms with Crippen LogP contribution in [0, 0.1) is 20.8 Å². The van der Waals surface area contributed by atoms with E-state index in [9.17, 15) is 9.59 Å². The van der Waals surface area contributed by atoms with E-state index in [1.165, 1.54) is 12.5 Å². The number of benzene rings is 2. The van der Waals surface area contributed by atoms with E-state index in [0.717, 1.165) is 11.1 Å². The molecule has 1 amide bonds. The zero-order valence-electron chi connectivity index (χ0n) is 13.9. The van der Waals surface area contributed by atoms with Gasteiger partial charge in [0.05, 0.1) is 0 Å². The largest absolute Gasteiger partial charge is 0.483 e. The first kappa shape index (κ1) is 16.7. The standard InChI is InChI=1S/C19H21NO3/c1-12-8-14(3)18(9-13(12)2)23-11-19(22)20-17-7-5-6-16(10-17)15(4)21/h5-10H,11H2,1-4H3,(H,20,22). The number of ether oxygens (including phenoxy) is 1. The fourth-order valence-electron chi connectivity index (χ4n) is 2.25. The van der Waals surface area contributed by atoms with Gasteiger partial charge in [-0.1, -0.05) is 18.2 Å². The normalized spacial score (nSPS) is 10.3. The molecule has 0 heterocycles. The highest BCUT2D eigenvalue weighted by Crippen LogP contribution is 2.22. The van der Waals surface area contributed by atoms with Crippen LogP contribution in [0.4, 0.5) is 5.69 Å². The molecular formula is C19H21NO3. The molecule has 1 N–H and O–H groups in total. The monoisotopic (exact) mass is 311 g/mol. The lowest BCUT2D eigenvalue weighted by atomic mass is 10.1. The number of nitrogens with one attached hydrogen (secondary N) is 1. The Kier molecular flexibility index (Phi) is 5.16. The first-order valence-corrected chi connectivity index (χ1v) is 7.48. The topological polar surface area (TPSA) is 55.4 Å². The molecule has 0 bridgehead atoms. The predicted molar refractivity (Wildman–Crippen MR) is 91.2 cm³/mol. The highest BCUT2D eigenvalue weighted by atomic mass is 16.5. The minimum atomic E-state index is -0.261. The Morgan fingerprint density at radius 2 is 1.70 bits per heavy atom. The van der Waals surface area contributed by atoms with Gasteiger partial charge in [0.1, 0.15) is 5.75 Å². The zero-order valence-corrected chi connectivity index (χ0v) is 13.9. The second-order valence-corrected chi connectivity index (χ2v) is 5.68. The summed E-state index contributed by atoms with van der Waals surface area (Å²) in [5.74, 6) is 0.409. The molecule has 0 aliphatic rings. The van der Waals surface area contributed by atoms with Gasteiger partial charge in [-0.05, 0) is 62.6 Å². The van der Waals surface area contributed by atoms with Gasteiger partial charge in [0, 0.05) is 11.3 Å². The van der Waals surface area contributed by atoms with Gasteiger partial charge in [-0.25, -0.2) is 0 Å². The third kappa shape index (κ3) is 4.42. The van der Waals surface area contributed by atoms with Crippen LogP contribution in [0.5, 0.6) is 5.75 Å². The first-order chi connectivity index (χ1) is 10.9. The third-order valence-electron chi connectivity index (χ3n) is 3.70. The van der Waals surface area contributed by atoms with Crippen molar-refractivity contribution in [3.63, 3.8) is 0 Å². The van der Waals surface area contributed by atoms with Crippen LogP contribution in [0.1, 0.15) is 34.0 Å². The van der Waals surface area contributed by atoms with E-state index in [4.69, 9.17) is 4.74 Å². The molecule has 2 rings (SSSR count).